The lowest BCUT2D eigenvalue weighted by Gasteiger charge is -2.09. The van der Waals surface area contributed by atoms with Crippen LogP contribution in [0.15, 0.2) is 34.2 Å². The molecule has 3 heterocycles. The maximum absolute atomic E-state index is 12.0. The van der Waals surface area contributed by atoms with Crippen LogP contribution in [-0.2, 0) is 19.2 Å². The molecule has 29 heavy (non-hydrogen) atoms. The number of nitrogens with one attached hydrogen (secondary N) is 2. The Hall–Kier alpha value is -3.34. The van der Waals surface area contributed by atoms with Gasteiger partial charge in [0.05, 0.1) is 16.9 Å². The van der Waals surface area contributed by atoms with Gasteiger partial charge < -0.3 is 0 Å². The van der Waals surface area contributed by atoms with E-state index in [1.165, 1.54) is 23.4 Å². The zero-order valence-electron chi connectivity index (χ0n) is 16.2. The SMILES string of the molecule is CCc1ccc2nc(Nc3nc(CSc4nnnn4C)cc(=O)[nH]3)nc(C)c2c1. The molecule has 4 aromatic rings. The van der Waals surface area contributed by atoms with E-state index in [9.17, 15) is 4.79 Å². The minimum absolute atomic E-state index is 0.265. The van der Waals surface area contributed by atoms with Gasteiger partial charge in [-0.2, -0.15) is 0 Å². The molecule has 11 heteroatoms. The van der Waals surface area contributed by atoms with Crippen molar-refractivity contribution in [3.63, 3.8) is 0 Å². The Morgan fingerprint density at radius 3 is 2.83 bits per heavy atom. The van der Waals surface area contributed by atoms with Gasteiger partial charge in [0.1, 0.15) is 0 Å². The summed E-state index contributed by atoms with van der Waals surface area (Å²) in [4.78, 5) is 28.2. The number of thioether (sulfide) groups is 1. The first-order valence-corrected chi connectivity index (χ1v) is 10.00. The smallest absolute Gasteiger partial charge is 0.252 e. The molecule has 0 aliphatic carbocycles. The summed E-state index contributed by atoms with van der Waals surface area (Å²) in [5.74, 6) is 1.11. The molecular weight excluding hydrogens is 390 g/mol. The highest BCUT2D eigenvalue weighted by Gasteiger charge is 2.10. The molecule has 0 aliphatic heterocycles. The number of anilines is 2. The van der Waals surface area contributed by atoms with Gasteiger partial charge in [0.15, 0.2) is 0 Å². The van der Waals surface area contributed by atoms with Crippen LogP contribution in [0.5, 0.6) is 0 Å². The van der Waals surface area contributed by atoms with E-state index in [2.05, 4.69) is 59.8 Å². The lowest BCUT2D eigenvalue weighted by atomic mass is 10.1. The third-order valence-electron chi connectivity index (χ3n) is 4.31. The third kappa shape index (κ3) is 4.24. The van der Waals surface area contributed by atoms with Gasteiger partial charge in [-0.15, -0.1) is 5.10 Å². The van der Waals surface area contributed by atoms with Crippen LogP contribution in [-0.4, -0.2) is 40.1 Å². The van der Waals surface area contributed by atoms with Crippen LogP contribution < -0.4 is 10.9 Å². The summed E-state index contributed by atoms with van der Waals surface area (Å²) in [6.07, 6.45) is 0.954. The number of fused-ring (bicyclic) bond motifs is 1. The third-order valence-corrected chi connectivity index (χ3v) is 5.36. The highest BCUT2D eigenvalue weighted by molar-refractivity contribution is 7.98. The molecule has 0 fully saturated rings. The summed E-state index contributed by atoms with van der Waals surface area (Å²) in [6.45, 7) is 4.05. The highest BCUT2D eigenvalue weighted by Crippen LogP contribution is 2.21. The molecular formula is C18H19N9OS. The number of aromatic nitrogens is 8. The average molecular weight is 409 g/mol. The molecule has 4 rings (SSSR count). The summed E-state index contributed by atoms with van der Waals surface area (Å²) in [7, 11) is 1.75. The number of hydrogen-bond donors (Lipinski definition) is 2. The van der Waals surface area contributed by atoms with Gasteiger partial charge in [-0.3, -0.25) is 15.1 Å². The summed E-state index contributed by atoms with van der Waals surface area (Å²) >= 11 is 1.39. The number of hydrogen-bond acceptors (Lipinski definition) is 9. The van der Waals surface area contributed by atoms with E-state index in [0.717, 1.165) is 23.0 Å². The van der Waals surface area contributed by atoms with Gasteiger partial charge in [-0.1, -0.05) is 24.8 Å². The Balaban J connectivity index is 1.58. The van der Waals surface area contributed by atoms with Crippen LogP contribution in [0.1, 0.15) is 23.9 Å². The van der Waals surface area contributed by atoms with Crippen molar-refractivity contribution in [2.45, 2.75) is 31.2 Å². The van der Waals surface area contributed by atoms with E-state index < -0.39 is 0 Å². The quantitative estimate of drug-likeness (QED) is 0.460. The number of rotatable bonds is 6. The zero-order chi connectivity index (χ0) is 20.4. The lowest BCUT2D eigenvalue weighted by molar-refractivity contribution is 0.664. The first-order valence-electron chi connectivity index (χ1n) is 9.01. The topological polar surface area (TPSA) is 127 Å². The fourth-order valence-corrected chi connectivity index (χ4v) is 3.58. The van der Waals surface area contributed by atoms with Crippen molar-refractivity contribution in [3.05, 3.63) is 51.6 Å². The largest absolute Gasteiger partial charge is 0.294 e. The second-order valence-electron chi connectivity index (χ2n) is 6.42. The summed E-state index contributed by atoms with van der Waals surface area (Å²) in [5, 5.41) is 15.9. The molecule has 3 aromatic heterocycles. The van der Waals surface area contributed by atoms with Gasteiger partial charge in [0.2, 0.25) is 17.1 Å². The van der Waals surface area contributed by atoms with Crippen molar-refractivity contribution in [3.8, 4) is 0 Å². The van der Waals surface area contributed by atoms with Crippen molar-refractivity contribution in [1.29, 1.82) is 0 Å². The van der Waals surface area contributed by atoms with Crippen LogP contribution >= 0.6 is 11.8 Å². The summed E-state index contributed by atoms with van der Waals surface area (Å²) in [6, 6.07) is 7.58. The molecule has 0 amide bonds. The number of H-pyrrole nitrogens is 1. The summed E-state index contributed by atoms with van der Waals surface area (Å²) in [5.41, 5.74) is 3.26. The number of aryl methyl sites for hydroxylation is 3. The van der Waals surface area contributed by atoms with Crippen molar-refractivity contribution < 1.29 is 0 Å². The number of benzene rings is 1. The first kappa shape index (κ1) is 19.0. The van der Waals surface area contributed by atoms with E-state index >= 15 is 0 Å². The summed E-state index contributed by atoms with van der Waals surface area (Å²) < 4.78 is 1.56. The minimum Gasteiger partial charge on any atom is -0.294 e. The van der Waals surface area contributed by atoms with Gasteiger partial charge in [-0.05, 0) is 41.5 Å². The second-order valence-corrected chi connectivity index (χ2v) is 7.36. The predicted octanol–water partition coefficient (Wildman–Crippen LogP) is 2.14. The molecule has 0 aliphatic rings. The van der Waals surface area contributed by atoms with Crippen LogP contribution in [0.4, 0.5) is 11.9 Å². The van der Waals surface area contributed by atoms with Crippen molar-refractivity contribution in [2.75, 3.05) is 5.32 Å². The number of nitrogens with zero attached hydrogens (tertiary/aromatic N) is 7. The fourth-order valence-electron chi connectivity index (χ4n) is 2.83. The molecule has 0 saturated carbocycles. The van der Waals surface area contributed by atoms with E-state index in [1.54, 1.807) is 11.7 Å². The van der Waals surface area contributed by atoms with E-state index in [-0.39, 0.29) is 11.5 Å². The van der Waals surface area contributed by atoms with Crippen LogP contribution in [0.25, 0.3) is 10.9 Å². The van der Waals surface area contributed by atoms with Crippen molar-refractivity contribution in [2.24, 2.45) is 7.05 Å². The maximum atomic E-state index is 12.0. The van der Waals surface area contributed by atoms with Crippen LogP contribution in [0, 0.1) is 6.92 Å². The number of tetrazole rings is 1. The molecule has 1 aromatic carbocycles. The van der Waals surface area contributed by atoms with Gasteiger partial charge >= 0.3 is 0 Å². The molecule has 0 bridgehead atoms. The lowest BCUT2D eigenvalue weighted by Crippen LogP contribution is -2.13. The maximum Gasteiger partial charge on any atom is 0.252 e. The standard InChI is InChI=1S/C18H19N9OS/c1-4-11-5-6-14-13(7-11)10(2)19-16(21-14)23-17-20-12(8-15(28)22-17)9-29-18-24-25-26-27(18)3/h5-8H,4,9H2,1-3H3,(H2,19,20,21,22,23,28). The average Bonchev–Trinajstić information content (AvgIpc) is 3.10. The Morgan fingerprint density at radius 2 is 2.07 bits per heavy atom. The van der Waals surface area contributed by atoms with Crippen LogP contribution in [0.2, 0.25) is 0 Å². The Morgan fingerprint density at radius 1 is 1.21 bits per heavy atom. The number of aromatic amines is 1. The molecule has 2 N–H and O–H groups in total. The van der Waals surface area contributed by atoms with Crippen molar-refractivity contribution >= 4 is 34.6 Å². The normalized spacial score (nSPS) is 11.1. The Kier molecular flexibility index (Phi) is 5.21. The molecule has 0 atom stereocenters. The Bertz CT molecular complexity index is 1230. The first-order chi connectivity index (χ1) is 14.0. The van der Waals surface area contributed by atoms with Crippen LogP contribution in [0.3, 0.4) is 0 Å². The van der Waals surface area contributed by atoms with E-state index in [0.29, 0.717) is 22.6 Å². The van der Waals surface area contributed by atoms with Gasteiger partial charge in [-0.25, -0.2) is 19.6 Å². The molecule has 0 spiro atoms. The van der Waals surface area contributed by atoms with Gasteiger partial charge in [0, 0.05) is 24.3 Å². The predicted molar refractivity (Wildman–Crippen MR) is 110 cm³/mol. The molecule has 148 valence electrons. The van der Waals surface area contributed by atoms with E-state index in [4.69, 9.17) is 0 Å². The van der Waals surface area contributed by atoms with E-state index in [1.807, 2.05) is 13.0 Å². The minimum atomic E-state index is -0.265. The molecule has 0 radical (unpaired) electrons. The molecule has 0 saturated heterocycles. The fraction of sp³-hybridized carbons (Fsp3) is 0.278. The molecule has 10 nitrogen and oxygen atoms in total. The zero-order valence-corrected chi connectivity index (χ0v) is 17.0. The van der Waals surface area contributed by atoms with Crippen molar-refractivity contribution in [1.82, 2.24) is 40.1 Å². The second kappa shape index (κ2) is 7.95. The highest BCUT2D eigenvalue weighted by atomic mass is 32.2. The van der Waals surface area contributed by atoms with Gasteiger partial charge in [0.25, 0.3) is 5.56 Å². The Labute approximate surface area is 170 Å². The monoisotopic (exact) mass is 409 g/mol. The molecule has 0 unspecified atom stereocenters.